The van der Waals surface area contributed by atoms with E-state index in [1.165, 1.54) is 5.56 Å². The van der Waals surface area contributed by atoms with E-state index < -0.39 is 0 Å². The van der Waals surface area contributed by atoms with E-state index in [1.54, 1.807) is 16.8 Å². The summed E-state index contributed by atoms with van der Waals surface area (Å²) in [6.45, 7) is 12.3. The first-order chi connectivity index (χ1) is 16.3. The van der Waals surface area contributed by atoms with Crippen LogP contribution in [0.1, 0.15) is 36.6 Å². The van der Waals surface area contributed by atoms with E-state index >= 15 is 0 Å². The van der Waals surface area contributed by atoms with Gasteiger partial charge in [-0.05, 0) is 25.8 Å². The predicted octanol–water partition coefficient (Wildman–Crippen LogP) is 4.22. The van der Waals surface area contributed by atoms with Crippen molar-refractivity contribution in [1.29, 1.82) is 0 Å². The number of hydrogen-bond donors (Lipinski definition) is 0. The molecule has 3 aromatic rings. The van der Waals surface area contributed by atoms with Crippen LogP contribution in [0.15, 0.2) is 34.9 Å². The van der Waals surface area contributed by atoms with Gasteiger partial charge in [0.05, 0.1) is 12.2 Å². The fourth-order valence-corrected chi connectivity index (χ4v) is 4.25. The first-order valence-electron chi connectivity index (χ1n) is 11.6. The summed E-state index contributed by atoms with van der Waals surface area (Å²) in [6, 6.07) is 8.05. The van der Waals surface area contributed by atoms with E-state index in [0.29, 0.717) is 42.4 Å². The molecule has 0 bridgehead atoms. The van der Waals surface area contributed by atoms with Gasteiger partial charge in [0, 0.05) is 49.9 Å². The Morgan fingerprint density at radius 3 is 2.53 bits per heavy atom. The third kappa shape index (κ3) is 5.74. The van der Waals surface area contributed by atoms with E-state index in [4.69, 9.17) is 16.1 Å². The van der Waals surface area contributed by atoms with Crippen LogP contribution in [0.5, 0.6) is 0 Å². The zero-order valence-electron chi connectivity index (χ0n) is 20.2. The molecule has 1 saturated heterocycles. The molecule has 34 heavy (non-hydrogen) atoms. The van der Waals surface area contributed by atoms with Gasteiger partial charge in [0.1, 0.15) is 5.15 Å². The lowest BCUT2D eigenvalue weighted by Gasteiger charge is -2.33. The van der Waals surface area contributed by atoms with Gasteiger partial charge in [0.15, 0.2) is 0 Å². The minimum Gasteiger partial charge on any atom is -0.338 e. The van der Waals surface area contributed by atoms with Crippen molar-refractivity contribution in [3.8, 4) is 11.4 Å². The molecular weight excluding hydrogens is 452 g/mol. The molecule has 0 aliphatic carbocycles. The molecule has 180 valence electrons. The molecule has 4 rings (SSSR count). The molecular formula is C25H31ClN6O2. The number of rotatable bonds is 7. The predicted molar refractivity (Wildman–Crippen MR) is 132 cm³/mol. The van der Waals surface area contributed by atoms with Crippen molar-refractivity contribution in [2.75, 3.05) is 26.2 Å². The minimum atomic E-state index is -0.0221. The van der Waals surface area contributed by atoms with Crippen LogP contribution in [0.25, 0.3) is 17.5 Å². The molecule has 0 unspecified atom stereocenters. The lowest BCUT2D eigenvalue weighted by Crippen LogP contribution is -2.47. The number of halogens is 1. The van der Waals surface area contributed by atoms with Gasteiger partial charge >= 0.3 is 0 Å². The summed E-state index contributed by atoms with van der Waals surface area (Å²) < 4.78 is 7.25. The van der Waals surface area contributed by atoms with Crippen LogP contribution in [0.4, 0.5) is 0 Å². The average Bonchev–Trinajstić information content (AvgIpc) is 3.37. The molecule has 2 aromatic heterocycles. The smallest absolute Gasteiger partial charge is 0.246 e. The van der Waals surface area contributed by atoms with Crippen molar-refractivity contribution >= 4 is 23.6 Å². The van der Waals surface area contributed by atoms with E-state index in [9.17, 15) is 4.79 Å². The largest absolute Gasteiger partial charge is 0.338 e. The Hall–Kier alpha value is -2.97. The summed E-state index contributed by atoms with van der Waals surface area (Å²) in [7, 11) is 0. The standard InChI is InChI=1S/C25H31ClN6O2/c1-17(2)15-32-24(26)21(19(4)28-32)9-10-23(33)31-13-11-30(12-14-31)16-22-27-25(29-34-22)20-7-5-18(3)6-8-20/h5-10,17H,11-16H2,1-4H3/b10-9+. The van der Waals surface area contributed by atoms with Gasteiger partial charge in [0.2, 0.25) is 17.6 Å². The maximum absolute atomic E-state index is 12.7. The Bertz CT molecular complexity index is 1160. The Balaban J connectivity index is 1.30. The van der Waals surface area contributed by atoms with Crippen LogP contribution in [-0.2, 0) is 17.9 Å². The van der Waals surface area contributed by atoms with Crippen molar-refractivity contribution < 1.29 is 9.32 Å². The van der Waals surface area contributed by atoms with Crippen LogP contribution in [0.3, 0.4) is 0 Å². The number of benzene rings is 1. The molecule has 1 aromatic carbocycles. The Morgan fingerprint density at radius 1 is 1.15 bits per heavy atom. The molecule has 9 heteroatoms. The summed E-state index contributed by atoms with van der Waals surface area (Å²) >= 11 is 6.48. The summed E-state index contributed by atoms with van der Waals surface area (Å²) in [5.74, 6) is 1.59. The van der Waals surface area contributed by atoms with Gasteiger partial charge in [-0.1, -0.05) is 60.4 Å². The van der Waals surface area contributed by atoms with Crippen molar-refractivity contribution in [2.24, 2.45) is 5.92 Å². The quantitative estimate of drug-likeness (QED) is 0.469. The monoisotopic (exact) mass is 482 g/mol. The van der Waals surface area contributed by atoms with E-state index in [0.717, 1.165) is 36.5 Å². The highest BCUT2D eigenvalue weighted by Gasteiger charge is 2.22. The summed E-state index contributed by atoms with van der Waals surface area (Å²) in [5.41, 5.74) is 3.75. The van der Waals surface area contributed by atoms with Crippen LogP contribution in [0, 0.1) is 19.8 Å². The van der Waals surface area contributed by atoms with Crippen molar-refractivity contribution in [2.45, 2.75) is 40.8 Å². The third-order valence-corrected chi connectivity index (χ3v) is 6.26. The van der Waals surface area contributed by atoms with Gasteiger partial charge < -0.3 is 9.42 Å². The molecule has 1 fully saturated rings. The first kappa shape index (κ1) is 24.2. The maximum Gasteiger partial charge on any atom is 0.246 e. The SMILES string of the molecule is Cc1ccc(-c2noc(CN3CCN(C(=O)/C=C/c4c(C)nn(CC(C)C)c4Cl)CC3)n2)cc1. The Morgan fingerprint density at radius 2 is 1.85 bits per heavy atom. The summed E-state index contributed by atoms with van der Waals surface area (Å²) in [6.07, 6.45) is 3.37. The highest BCUT2D eigenvalue weighted by Crippen LogP contribution is 2.22. The van der Waals surface area contributed by atoms with Gasteiger partial charge in [0.25, 0.3) is 0 Å². The van der Waals surface area contributed by atoms with Gasteiger partial charge in [-0.2, -0.15) is 10.1 Å². The normalized spacial score (nSPS) is 15.1. The number of piperazine rings is 1. The maximum atomic E-state index is 12.7. The second-order valence-corrected chi connectivity index (χ2v) is 9.54. The second-order valence-electron chi connectivity index (χ2n) is 9.18. The summed E-state index contributed by atoms with van der Waals surface area (Å²) in [4.78, 5) is 21.3. The molecule has 0 saturated carbocycles. The zero-order chi connectivity index (χ0) is 24.2. The highest BCUT2D eigenvalue weighted by atomic mass is 35.5. The number of aryl methyl sites for hydroxylation is 2. The first-order valence-corrected chi connectivity index (χ1v) is 12.0. The number of carbonyl (C=O) groups is 1. The van der Waals surface area contributed by atoms with Gasteiger partial charge in [-0.25, -0.2) is 0 Å². The van der Waals surface area contributed by atoms with Gasteiger partial charge in [-0.15, -0.1) is 0 Å². The molecule has 3 heterocycles. The lowest BCUT2D eigenvalue weighted by molar-refractivity contribution is -0.127. The molecule has 0 spiro atoms. The van der Waals surface area contributed by atoms with Crippen LogP contribution < -0.4 is 0 Å². The van der Waals surface area contributed by atoms with E-state index in [1.807, 2.05) is 43.0 Å². The molecule has 0 N–H and O–H groups in total. The number of hydrogen-bond acceptors (Lipinski definition) is 6. The molecule has 1 aliphatic rings. The minimum absolute atomic E-state index is 0.0221. The van der Waals surface area contributed by atoms with Crippen molar-refractivity contribution in [3.05, 3.63) is 58.2 Å². The molecule has 0 atom stereocenters. The fraction of sp³-hybridized carbons (Fsp3) is 0.440. The number of aromatic nitrogens is 4. The highest BCUT2D eigenvalue weighted by molar-refractivity contribution is 6.31. The Labute approximate surface area is 205 Å². The molecule has 0 radical (unpaired) electrons. The number of nitrogens with zero attached hydrogens (tertiary/aromatic N) is 6. The molecule has 1 amide bonds. The van der Waals surface area contributed by atoms with Crippen LogP contribution in [-0.4, -0.2) is 61.8 Å². The molecule has 8 nitrogen and oxygen atoms in total. The Kier molecular flexibility index (Phi) is 7.48. The van der Waals surface area contributed by atoms with Crippen molar-refractivity contribution in [1.82, 2.24) is 29.7 Å². The van der Waals surface area contributed by atoms with E-state index in [-0.39, 0.29) is 5.91 Å². The average molecular weight is 483 g/mol. The van der Waals surface area contributed by atoms with Gasteiger partial charge in [-0.3, -0.25) is 14.4 Å². The topological polar surface area (TPSA) is 80.3 Å². The fourth-order valence-electron chi connectivity index (χ4n) is 3.94. The molecule has 1 aliphatic heterocycles. The van der Waals surface area contributed by atoms with Crippen LogP contribution >= 0.6 is 11.6 Å². The second kappa shape index (κ2) is 10.5. The third-order valence-electron chi connectivity index (χ3n) is 5.86. The van der Waals surface area contributed by atoms with E-state index in [2.05, 4.69) is 34.0 Å². The zero-order valence-corrected chi connectivity index (χ0v) is 20.9. The lowest BCUT2D eigenvalue weighted by atomic mass is 10.1. The van der Waals surface area contributed by atoms with Crippen molar-refractivity contribution in [3.63, 3.8) is 0 Å². The number of carbonyl (C=O) groups excluding carboxylic acids is 1. The summed E-state index contributed by atoms with van der Waals surface area (Å²) in [5, 5.41) is 9.18. The van der Waals surface area contributed by atoms with Crippen LogP contribution in [0.2, 0.25) is 5.15 Å². The number of amides is 1.